The van der Waals surface area contributed by atoms with Crippen molar-refractivity contribution in [2.45, 2.75) is 32.9 Å². The number of rotatable bonds is 8. The summed E-state index contributed by atoms with van der Waals surface area (Å²) in [6.07, 6.45) is -2.04. The van der Waals surface area contributed by atoms with E-state index in [9.17, 15) is 27.6 Å². The molecule has 1 fully saturated rings. The molecule has 1 unspecified atom stereocenters. The maximum atomic E-state index is 12.9. The third-order valence-corrected chi connectivity index (χ3v) is 5.90. The molecule has 2 aromatic rings. The molecular weight excluding hydrogens is 495 g/mol. The van der Waals surface area contributed by atoms with Crippen LogP contribution in [0.4, 0.5) is 13.2 Å². The van der Waals surface area contributed by atoms with Gasteiger partial charge in [0.25, 0.3) is 5.91 Å². The maximum Gasteiger partial charge on any atom is 0.389 e. The van der Waals surface area contributed by atoms with Gasteiger partial charge in [0, 0.05) is 43.7 Å². The lowest BCUT2D eigenvalue weighted by Gasteiger charge is -2.22. The number of hydrogen-bond donors (Lipinski definition) is 4. The summed E-state index contributed by atoms with van der Waals surface area (Å²) >= 11 is 0. The van der Waals surface area contributed by atoms with Crippen molar-refractivity contribution in [3.05, 3.63) is 47.9 Å². The molecule has 1 atom stereocenters. The number of halogens is 3. The Morgan fingerprint density at radius 2 is 2.08 bits per heavy atom. The van der Waals surface area contributed by atoms with Crippen molar-refractivity contribution in [1.29, 1.82) is 5.41 Å². The summed E-state index contributed by atoms with van der Waals surface area (Å²) in [4.78, 5) is 46.6. The molecule has 1 aliphatic rings. The van der Waals surface area contributed by atoms with Gasteiger partial charge in [-0.25, -0.2) is 4.98 Å². The second-order valence-electron chi connectivity index (χ2n) is 8.93. The lowest BCUT2D eigenvalue weighted by Crippen LogP contribution is -2.41. The van der Waals surface area contributed by atoms with Gasteiger partial charge in [-0.2, -0.15) is 13.2 Å². The van der Waals surface area contributed by atoms with Crippen LogP contribution in [0.3, 0.4) is 0 Å². The Morgan fingerprint density at radius 3 is 2.68 bits per heavy atom. The average Bonchev–Trinajstić information content (AvgIpc) is 3.40. The first-order valence-electron chi connectivity index (χ1n) is 11.1. The third-order valence-electron chi connectivity index (χ3n) is 5.90. The fourth-order valence-corrected chi connectivity index (χ4v) is 3.80. The highest BCUT2D eigenvalue weighted by molar-refractivity contribution is 6.12. The van der Waals surface area contributed by atoms with Crippen molar-refractivity contribution < 1.29 is 32.0 Å². The number of amides is 3. The van der Waals surface area contributed by atoms with E-state index >= 15 is 0 Å². The van der Waals surface area contributed by atoms with Crippen LogP contribution in [0.25, 0.3) is 11.5 Å². The average molecular weight is 522 g/mol. The summed E-state index contributed by atoms with van der Waals surface area (Å²) in [5.41, 5.74) is 4.55. The SMILES string of the molecule is CN/C=C(/NC(=O)c1coc(-c2ccnc(CCC(F)(F)F)c2)n1)C(=N)N1CC(C(N)=O)C(C)(C)C1=O. The molecule has 14 heteroatoms. The predicted octanol–water partition coefficient (Wildman–Crippen LogP) is 1.97. The standard InChI is InChI=1S/C23H26F3N7O4/c1-22(2)14(18(28)34)10-33(21(22)36)17(27)15(9-29-3)31-19(35)16-11-37-20(32-16)12-5-7-30-13(8-12)4-6-23(24,25)26/h5,7-9,11,14,27,29H,4,6,10H2,1-3H3,(H2,28,34)(H,31,35)/b15-9+,27-17?. The van der Waals surface area contributed by atoms with Gasteiger partial charge < -0.3 is 20.8 Å². The van der Waals surface area contributed by atoms with Gasteiger partial charge in [0.15, 0.2) is 11.5 Å². The van der Waals surface area contributed by atoms with Crippen LogP contribution in [0.2, 0.25) is 0 Å². The van der Waals surface area contributed by atoms with Gasteiger partial charge >= 0.3 is 6.18 Å². The van der Waals surface area contributed by atoms with Gasteiger partial charge in [-0.15, -0.1) is 0 Å². The summed E-state index contributed by atoms with van der Waals surface area (Å²) in [7, 11) is 1.52. The highest BCUT2D eigenvalue weighted by Gasteiger charge is 2.51. The van der Waals surface area contributed by atoms with Crippen LogP contribution in [-0.2, 0) is 16.0 Å². The molecule has 0 saturated carbocycles. The summed E-state index contributed by atoms with van der Waals surface area (Å²) in [6, 6.07) is 2.86. The first kappa shape index (κ1) is 27.4. The number of hydrogen-bond acceptors (Lipinski definition) is 8. The topological polar surface area (TPSA) is 167 Å². The minimum absolute atomic E-state index is 0.0178. The minimum atomic E-state index is -4.33. The number of nitrogens with zero attached hydrogens (tertiary/aromatic N) is 3. The Bertz CT molecular complexity index is 1250. The number of aryl methyl sites for hydroxylation is 1. The van der Waals surface area contributed by atoms with Gasteiger partial charge in [0.2, 0.25) is 17.7 Å². The van der Waals surface area contributed by atoms with E-state index in [0.29, 0.717) is 5.56 Å². The Kier molecular flexibility index (Phi) is 7.69. The number of pyridine rings is 1. The van der Waals surface area contributed by atoms with Crippen LogP contribution < -0.4 is 16.4 Å². The molecular formula is C23H26F3N7O4. The van der Waals surface area contributed by atoms with E-state index in [-0.39, 0.29) is 41.8 Å². The zero-order valence-corrected chi connectivity index (χ0v) is 20.3. The highest BCUT2D eigenvalue weighted by Crippen LogP contribution is 2.37. The van der Waals surface area contributed by atoms with Gasteiger partial charge in [-0.05, 0) is 18.6 Å². The quantitative estimate of drug-likeness (QED) is 0.304. The smallest absolute Gasteiger partial charge is 0.389 e. The van der Waals surface area contributed by atoms with Crippen molar-refractivity contribution >= 4 is 23.6 Å². The number of carbonyl (C=O) groups excluding carboxylic acids is 3. The van der Waals surface area contributed by atoms with E-state index < -0.39 is 41.7 Å². The molecule has 5 N–H and O–H groups in total. The van der Waals surface area contributed by atoms with E-state index in [1.54, 1.807) is 13.8 Å². The number of carbonyl (C=O) groups is 3. The molecule has 3 rings (SSSR count). The molecule has 0 aliphatic carbocycles. The molecule has 3 heterocycles. The number of nitrogens with two attached hydrogens (primary N) is 1. The molecule has 3 amide bonds. The number of nitrogens with one attached hydrogen (secondary N) is 3. The Labute approximate surface area is 209 Å². The molecule has 0 radical (unpaired) electrons. The van der Waals surface area contributed by atoms with Crippen molar-refractivity contribution in [3.63, 3.8) is 0 Å². The summed E-state index contributed by atoms with van der Waals surface area (Å²) in [6.45, 7) is 3.00. The Morgan fingerprint density at radius 1 is 1.38 bits per heavy atom. The lowest BCUT2D eigenvalue weighted by atomic mass is 9.81. The van der Waals surface area contributed by atoms with E-state index in [1.807, 2.05) is 0 Å². The largest absolute Gasteiger partial charge is 0.444 e. The number of aromatic nitrogens is 2. The van der Waals surface area contributed by atoms with Crippen LogP contribution >= 0.6 is 0 Å². The number of oxazole rings is 1. The van der Waals surface area contributed by atoms with E-state index in [2.05, 4.69) is 20.6 Å². The molecule has 0 bridgehead atoms. The zero-order chi connectivity index (χ0) is 27.5. The molecule has 0 aromatic carbocycles. The summed E-state index contributed by atoms with van der Waals surface area (Å²) in [5, 5.41) is 13.6. The van der Waals surface area contributed by atoms with E-state index in [1.165, 1.54) is 31.6 Å². The first-order chi connectivity index (χ1) is 17.2. The number of likely N-dealkylation sites (tertiary alicyclic amines) is 1. The summed E-state index contributed by atoms with van der Waals surface area (Å²) in [5.74, 6) is -3.16. The Hall–Kier alpha value is -4.23. The van der Waals surface area contributed by atoms with Gasteiger partial charge in [0.1, 0.15) is 6.26 Å². The second kappa shape index (κ2) is 10.4. The van der Waals surface area contributed by atoms with E-state index in [4.69, 9.17) is 15.6 Å². The predicted molar refractivity (Wildman–Crippen MR) is 125 cm³/mol. The van der Waals surface area contributed by atoms with Gasteiger partial charge in [-0.1, -0.05) is 13.8 Å². The number of alkyl halides is 3. The molecule has 1 saturated heterocycles. The number of primary amides is 1. The van der Waals surface area contributed by atoms with Crippen LogP contribution in [0.5, 0.6) is 0 Å². The van der Waals surface area contributed by atoms with Crippen molar-refractivity contribution in [3.8, 4) is 11.5 Å². The Balaban J connectivity index is 1.75. The zero-order valence-electron chi connectivity index (χ0n) is 20.3. The highest BCUT2D eigenvalue weighted by atomic mass is 19.4. The van der Waals surface area contributed by atoms with Crippen LogP contribution in [-0.4, -0.2) is 58.2 Å². The van der Waals surface area contributed by atoms with Gasteiger partial charge in [-0.3, -0.25) is 29.7 Å². The normalized spacial score (nSPS) is 17.6. The fraction of sp³-hybridized carbons (Fsp3) is 0.391. The van der Waals surface area contributed by atoms with Crippen LogP contribution in [0.15, 0.2) is 40.9 Å². The second-order valence-corrected chi connectivity index (χ2v) is 8.93. The molecule has 37 heavy (non-hydrogen) atoms. The van der Waals surface area contributed by atoms with Crippen molar-refractivity contribution in [1.82, 2.24) is 25.5 Å². The minimum Gasteiger partial charge on any atom is -0.444 e. The monoisotopic (exact) mass is 521 g/mol. The molecule has 11 nitrogen and oxygen atoms in total. The first-order valence-corrected chi connectivity index (χ1v) is 11.1. The molecule has 1 aliphatic heterocycles. The van der Waals surface area contributed by atoms with Crippen molar-refractivity contribution in [2.75, 3.05) is 13.6 Å². The van der Waals surface area contributed by atoms with Gasteiger partial charge in [0.05, 0.1) is 17.0 Å². The van der Waals surface area contributed by atoms with Crippen LogP contribution in [0, 0.1) is 16.7 Å². The fourth-order valence-electron chi connectivity index (χ4n) is 3.80. The van der Waals surface area contributed by atoms with Crippen LogP contribution in [0.1, 0.15) is 36.5 Å². The van der Waals surface area contributed by atoms with Crippen molar-refractivity contribution in [2.24, 2.45) is 17.1 Å². The van der Waals surface area contributed by atoms with E-state index in [0.717, 1.165) is 11.2 Å². The molecule has 198 valence electrons. The summed E-state index contributed by atoms with van der Waals surface area (Å²) < 4.78 is 42.9. The lowest BCUT2D eigenvalue weighted by molar-refractivity contribution is -0.135. The third kappa shape index (κ3) is 6.13. The molecule has 0 spiro atoms. The molecule has 2 aromatic heterocycles. The number of amidine groups is 1. The maximum absolute atomic E-state index is 12.9.